The number of rotatable bonds is 2. The van der Waals surface area contributed by atoms with Gasteiger partial charge in [0.1, 0.15) is 5.82 Å². The van der Waals surface area contributed by atoms with Crippen molar-refractivity contribution in [2.75, 3.05) is 0 Å². The highest BCUT2D eigenvalue weighted by Crippen LogP contribution is 2.41. The molecule has 1 heterocycles. The van der Waals surface area contributed by atoms with Crippen molar-refractivity contribution >= 4 is 68.7 Å². The lowest BCUT2D eigenvalue weighted by Gasteiger charge is -2.11. The fourth-order valence-corrected chi connectivity index (χ4v) is 4.39. The normalized spacial score (nSPS) is 12.8. The first kappa shape index (κ1) is 13.9. The van der Waals surface area contributed by atoms with Crippen LogP contribution >= 0.6 is 68.7 Å². The van der Waals surface area contributed by atoms with Gasteiger partial charge in [0.05, 0.1) is 14.0 Å². The third-order valence-electron chi connectivity index (χ3n) is 2.19. The Morgan fingerprint density at radius 1 is 1.18 bits per heavy atom. The minimum atomic E-state index is -0.418. The van der Waals surface area contributed by atoms with Crippen LogP contribution in [0.4, 0.5) is 4.39 Å². The Kier molecular flexibility index (Phi) is 4.58. The third kappa shape index (κ3) is 3.07. The maximum Gasteiger partial charge on any atom is 0.124 e. The van der Waals surface area contributed by atoms with Gasteiger partial charge in [-0.15, -0.1) is 22.9 Å². The zero-order chi connectivity index (χ0) is 12.6. The van der Waals surface area contributed by atoms with Crippen molar-refractivity contribution in [3.63, 3.8) is 0 Å². The van der Waals surface area contributed by atoms with Gasteiger partial charge in [-0.3, -0.25) is 0 Å². The summed E-state index contributed by atoms with van der Waals surface area (Å²) >= 11 is 21.6. The molecule has 90 valence electrons. The quantitative estimate of drug-likeness (QED) is 0.404. The average Bonchev–Trinajstić information content (AvgIpc) is 2.57. The van der Waals surface area contributed by atoms with Gasteiger partial charge in [-0.1, -0.05) is 29.3 Å². The van der Waals surface area contributed by atoms with Crippen LogP contribution in [-0.2, 0) is 0 Å². The van der Waals surface area contributed by atoms with Crippen molar-refractivity contribution in [2.45, 2.75) is 5.38 Å². The Labute approximate surface area is 131 Å². The smallest absolute Gasteiger partial charge is 0.124 e. The average molecular weight is 421 g/mol. The number of hydrogen-bond acceptors (Lipinski definition) is 1. The second-order valence-corrected chi connectivity index (χ2v) is 7.19. The van der Waals surface area contributed by atoms with Crippen LogP contribution < -0.4 is 0 Å². The van der Waals surface area contributed by atoms with E-state index in [1.165, 1.54) is 23.5 Å². The molecule has 0 radical (unpaired) electrons. The van der Waals surface area contributed by atoms with Gasteiger partial charge in [0.15, 0.2) is 0 Å². The highest BCUT2D eigenvalue weighted by Gasteiger charge is 2.19. The van der Waals surface area contributed by atoms with Gasteiger partial charge < -0.3 is 0 Å². The van der Waals surface area contributed by atoms with Crippen molar-refractivity contribution < 1.29 is 4.39 Å². The Bertz CT molecular complexity index is 556. The van der Waals surface area contributed by atoms with E-state index in [1.807, 2.05) is 22.6 Å². The molecule has 0 saturated carbocycles. The molecular weight excluding hydrogens is 416 g/mol. The molecular formula is C11H5Cl3FIS. The maximum absolute atomic E-state index is 13.0. The molecule has 0 saturated heterocycles. The zero-order valence-corrected chi connectivity index (χ0v) is 13.4. The van der Waals surface area contributed by atoms with E-state index >= 15 is 0 Å². The van der Waals surface area contributed by atoms with E-state index in [9.17, 15) is 4.39 Å². The molecule has 0 nitrogen and oxygen atoms in total. The highest BCUT2D eigenvalue weighted by atomic mass is 127. The fraction of sp³-hybridized carbons (Fsp3) is 0.0909. The highest BCUT2D eigenvalue weighted by molar-refractivity contribution is 14.1. The van der Waals surface area contributed by atoms with E-state index < -0.39 is 5.38 Å². The van der Waals surface area contributed by atoms with Crippen LogP contribution in [0.3, 0.4) is 0 Å². The molecule has 6 heteroatoms. The topological polar surface area (TPSA) is 0 Å². The number of halogens is 5. The molecule has 2 rings (SSSR count). The van der Waals surface area contributed by atoms with Crippen LogP contribution in [0.2, 0.25) is 8.67 Å². The summed E-state index contributed by atoms with van der Waals surface area (Å²) in [4.78, 5) is 0. The number of benzene rings is 1. The molecule has 0 aliphatic heterocycles. The Hall–Kier alpha value is 0.450. The van der Waals surface area contributed by atoms with E-state index in [4.69, 9.17) is 34.8 Å². The van der Waals surface area contributed by atoms with Crippen molar-refractivity contribution in [1.82, 2.24) is 0 Å². The summed E-state index contributed by atoms with van der Waals surface area (Å²) in [5, 5.41) is -0.418. The lowest BCUT2D eigenvalue weighted by molar-refractivity contribution is 0.626. The van der Waals surface area contributed by atoms with Crippen molar-refractivity contribution in [3.05, 3.63) is 53.5 Å². The van der Waals surface area contributed by atoms with E-state index in [0.717, 1.165) is 14.7 Å². The molecule has 0 bridgehead atoms. The van der Waals surface area contributed by atoms with Gasteiger partial charge >= 0.3 is 0 Å². The van der Waals surface area contributed by atoms with Crippen LogP contribution in [0.15, 0.2) is 24.3 Å². The second kappa shape index (κ2) is 5.61. The van der Waals surface area contributed by atoms with E-state index in [0.29, 0.717) is 8.67 Å². The predicted molar refractivity (Wildman–Crippen MR) is 81.2 cm³/mol. The molecule has 0 amide bonds. The van der Waals surface area contributed by atoms with Gasteiger partial charge in [-0.05, 0) is 46.4 Å². The third-order valence-corrected chi connectivity index (χ3v) is 5.11. The van der Waals surface area contributed by atoms with Crippen molar-refractivity contribution in [1.29, 1.82) is 0 Å². The molecule has 2 aromatic rings. The van der Waals surface area contributed by atoms with Crippen molar-refractivity contribution in [2.24, 2.45) is 0 Å². The predicted octanol–water partition coefficient (Wildman–Crippen LogP) is 6.13. The molecule has 1 aromatic carbocycles. The number of hydrogen-bond donors (Lipinski definition) is 0. The van der Waals surface area contributed by atoms with Gasteiger partial charge in [0, 0.05) is 9.13 Å². The van der Waals surface area contributed by atoms with Crippen LogP contribution in [0.1, 0.15) is 16.5 Å². The first-order valence-corrected chi connectivity index (χ1v) is 7.61. The monoisotopic (exact) mass is 420 g/mol. The van der Waals surface area contributed by atoms with E-state index in [2.05, 4.69) is 0 Å². The summed E-state index contributed by atoms with van der Waals surface area (Å²) < 4.78 is 14.9. The summed E-state index contributed by atoms with van der Waals surface area (Å²) in [5.41, 5.74) is 1.58. The zero-order valence-electron chi connectivity index (χ0n) is 8.18. The molecule has 0 fully saturated rings. The summed E-state index contributed by atoms with van der Waals surface area (Å²) in [5.74, 6) is -0.281. The number of alkyl halides is 1. The molecule has 1 aromatic heterocycles. The molecule has 0 aliphatic rings. The van der Waals surface area contributed by atoms with Gasteiger partial charge in [-0.25, -0.2) is 4.39 Å². The Balaban J connectivity index is 2.43. The summed E-state index contributed by atoms with van der Waals surface area (Å²) in [7, 11) is 0. The fourth-order valence-electron chi connectivity index (χ4n) is 1.40. The Morgan fingerprint density at radius 2 is 1.88 bits per heavy atom. The minimum absolute atomic E-state index is 0.281. The van der Waals surface area contributed by atoms with Gasteiger partial charge in [0.2, 0.25) is 0 Å². The molecule has 0 aliphatic carbocycles. The van der Waals surface area contributed by atoms with Crippen molar-refractivity contribution in [3.8, 4) is 0 Å². The molecule has 0 N–H and O–H groups in total. The SMILES string of the molecule is Fc1ccc(C(Cl)c2cc(Cl)sc2Cl)c(I)c1. The minimum Gasteiger partial charge on any atom is -0.207 e. The lowest BCUT2D eigenvalue weighted by atomic mass is 10.1. The Morgan fingerprint density at radius 3 is 2.41 bits per heavy atom. The maximum atomic E-state index is 13.0. The first-order valence-electron chi connectivity index (χ1n) is 4.53. The number of thiophene rings is 1. The molecule has 17 heavy (non-hydrogen) atoms. The summed E-state index contributed by atoms with van der Waals surface area (Å²) in [6.45, 7) is 0. The lowest BCUT2D eigenvalue weighted by Crippen LogP contribution is -1.96. The van der Waals surface area contributed by atoms with E-state index in [-0.39, 0.29) is 5.82 Å². The molecule has 1 unspecified atom stereocenters. The second-order valence-electron chi connectivity index (χ2n) is 3.31. The largest absolute Gasteiger partial charge is 0.207 e. The standard InChI is InChI=1S/C11H5Cl3FIS/c12-9-4-7(11(14)17-9)10(13)6-2-1-5(15)3-8(6)16/h1-4,10H. The van der Waals surface area contributed by atoms with Gasteiger partial charge in [0.25, 0.3) is 0 Å². The summed E-state index contributed by atoms with van der Waals surface area (Å²) in [6.07, 6.45) is 0. The van der Waals surface area contributed by atoms with Crippen LogP contribution in [0, 0.1) is 9.39 Å². The molecule has 0 spiro atoms. The first-order chi connectivity index (χ1) is 7.99. The molecule has 1 atom stereocenters. The van der Waals surface area contributed by atoms with E-state index in [1.54, 1.807) is 12.1 Å². The van der Waals surface area contributed by atoms with Gasteiger partial charge in [-0.2, -0.15) is 0 Å². The van der Waals surface area contributed by atoms with Crippen LogP contribution in [0.5, 0.6) is 0 Å². The summed E-state index contributed by atoms with van der Waals surface area (Å²) in [6, 6.07) is 6.23. The van der Waals surface area contributed by atoms with Crippen LogP contribution in [-0.4, -0.2) is 0 Å². The van der Waals surface area contributed by atoms with Crippen LogP contribution in [0.25, 0.3) is 0 Å².